The molecule has 1 heterocycles. The van der Waals surface area contributed by atoms with Crippen LogP contribution in [0.2, 0.25) is 0 Å². The highest BCUT2D eigenvalue weighted by Crippen LogP contribution is 2.34. The first-order valence-corrected chi connectivity index (χ1v) is 8.72. The third kappa shape index (κ3) is 3.91. The Bertz CT molecular complexity index is 1170. The van der Waals surface area contributed by atoms with Gasteiger partial charge in [-0.2, -0.15) is 0 Å². The highest BCUT2D eigenvalue weighted by molar-refractivity contribution is 6.01. The van der Waals surface area contributed by atoms with Crippen molar-refractivity contribution >= 4 is 17.4 Å². The summed E-state index contributed by atoms with van der Waals surface area (Å²) in [6.07, 6.45) is 0. The van der Waals surface area contributed by atoms with Crippen LogP contribution in [-0.4, -0.2) is 15.6 Å². The monoisotopic (exact) mass is 397 g/mol. The Morgan fingerprint density at radius 1 is 1.17 bits per heavy atom. The summed E-state index contributed by atoms with van der Waals surface area (Å²) < 4.78 is 21.2. The van der Waals surface area contributed by atoms with Crippen LogP contribution >= 0.6 is 0 Å². The van der Waals surface area contributed by atoms with Gasteiger partial charge in [-0.15, -0.1) is 0 Å². The molecule has 29 heavy (non-hydrogen) atoms. The molecule has 2 aromatic carbocycles. The number of benzene rings is 2. The Balaban J connectivity index is 2.17. The molecule has 0 atom stereocenters. The summed E-state index contributed by atoms with van der Waals surface area (Å²) in [5.41, 5.74) is 6.13. The molecule has 0 saturated heterocycles. The zero-order valence-electron chi connectivity index (χ0n) is 16.1. The Hall–Kier alpha value is -3.81. The summed E-state index contributed by atoms with van der Waals surface area (Å²) in [6, 6.07) is 10.2. The van der Waals surface area contributed by atoms with E-state index < -0.39 is 17.3 Å². The van der Waals surface area contributed by atoms with Gasteiger partial charge in [0, 0.05) is 18.7 Å². The van der Waals surface area contributed by atoms with Crippen LogP contribution in [0.3, 0.4) is 0 Å². The minimum absolute atomic E-state index is 0.00738. The van der Waals surface area contributed by atoms with Crippen LogP contribution in [0.15, 0.2) is 47.3 Å². The topological polar surface area (TPSA) is 107 Å². The van der Waals surface area contributed by atoms with E-state index in [9.17, 15) is 19.1 Å². The number of amides is 1. The van der Waals surface area contributed by atoms with Gasteiger partial charge >= 0.3 is 0 Å². The number of phenolic OH excluding ortho intramolecular Hbond substituents is 1. The van der Waals surface area contributed by atoms with Crippen LogP contribution in [-0.2, 0) is 7.05 Å². The predicted octanol–water partition coefficient (Wildman–Crippen LogP) is 3.48. The Kier molecular flexibility index (Phi) is 5.27. The number of pyridine rings is 1. The number of aryl methyl sites for hydroxylation is 1. The fourth-order valence-electron chi connectivity index (χ4n) is 2.82. The average Bonchev–Trinajstić information content (AvgIpc) is 2.64. The predicted molar refractivity (Wildman–Crippen MR) is 108 cm³/mol. The van der Waals surface area contributed by atoms with E-state index in [1.54, 1.807) is 32.0 Å². The van der Waals surface area contributed by atoms with Crippen molar-refractivity contribution < 1.29 is 19.0 Å². The van der Waals surface area contributed by atoms with Crippen LogP contribution in [0.25, 0.3) is 0 Å². The van der Waals surface area contributed by atoms with Gasteiger partial charge in [-0.05, 0) is 43.7 Å². The minimum Gasteiger partial charge on any atom is -0.508 e. The molecule has 3 rings (SSSR count). The molecular formula is C21H20FN3O4. The SMILES string of the molecule is Cc1ccc(Nc2c(C(N)=O)c(Oc3cccc(O)c3C)cc(=O)n2C)c(F)c1. The van der Waals surface area contributed by atoms with E-state index in [2.05, 4.69) is 5.32 Å². The van der Waals surface area contributed by atoms with E-state index in [4.69, 9.17) is 10.5 Å². The number of hydrogen-bond acceptors (Lipinski definition) is 5. The molecule has 0 unspecified atom stereocenters. The van der Waals surface area contributed by atoms with E-state index in [-0.39, 0.29) is 34.3 Å². The van der Waals surface area contributed by atoms with Crippen molar-refractivity contribution in [1.82, 2.24) is 4.57 Å². The first-order chi connectivity index (χ1) is 13.7. The number of aromatic nitrogens is 1. The van der Waals surface area contributed by atoms with E-state index in [1.807, 2.05) is 0 Å². The molecule has 1 aromatic heterocycles. The van der Waals surface area contributed by atoms with Crippen LogP contribution in [0.1, 0.15) is 21.5 Å². The zero-order valence-corrected chi connectivity index (χ0v) is 16.1. The molecule has 0 aliphatic rings. The number of phenols is 1. The number of carbonyl (C=O) groups excluding carboxylic acids is 1. The summed E-state index contributed by atoms with van der Waals surface area (Å²) in [5, 5.41) is 12.6. The van der Waals surface area contributed by atoms with Crippen molar-refractivity contribution in [2.24, 2.45) is 12.8 Å². The molecule has 0 aliphatic heterocycles. The van der Waals surface area contributed by atoms with Crippen molar-refractivity contribution in [3.8, 4) is 17.2 Å². The van der Waals surface area contributed by atoms with Crippen LogP contribution in [0.4, 0.5) is 15.9 Å². The number of anilines is 2. The maximum Gasteiger partial charge on any atom is 0.256 e. The van der Waals surface area contributed by atoms with Crippen LogP contribution in [0.5, 0.6) is 17.2 Å². The molecule has 0 fully saturated rings. The first kappa shape index (κ1) is 19.9. The van der Waals surface area contributed by atoms with Gasteiger partial charge in [0.25, 0.3) is 11.5 Å². The summed E-state index contributed by atoms with van der Waals surface area (Å²) in [6.45, 7) is 3.36. The molecule has 0 saturated carbocycles. The third-order valence-corrected chi connectivity index (χ3v) is 4.50. The van der Waals surface area contributed by atoms with Crippen molar-refractivity contribution in [2.75, 3.05) is 5.32 Å². The van der Waals surface area contributed by atoms with Crippen molar-refractivity contribution in [2.45, 2.75) is 13.8 Å². The molecule has 3 aromatic rings. The van der Waals surface area contributed by atoms with Gasteiger partial charge in [0.15, 0.2) is 0 Å². The van der Waals surface area contributed by atoms with Crippen LogP contribution < -0.4 is 21.3 Å². The Labute approximate surface area is 166 Å². The molecule has 8 heteroatoms. The number of halogens is 1. The molecule has 150 valence electrons. The molecule has 0 radical (unpaired) electrons. The van der Waals surface area contributed by atoms with E-state index >= 15 is 0 Å². The lowest BCUT2D eigenvalue weighted by atomic mass is 10.1. The van der Waals surface area contributed by atoms with Gasteiger partial charge in [-0.3, -0.25) is 14.2 Å². The highest BCUT2D eigenvalue weighted by Gasteiger charge is 2.22. The fraction of sp³-hybridized carbons (Fsp3) is 0.143. The molecule has 0 aliphatic carbocycles. The molecule has 4 N–H and O–H groups in total. The smallest absolute Gasteiger partial charge is 0.256 e. The average molecular weight is 397 g/mol. The van der Waals surface area contributed by atoms with Crippen LogP contribution in [0, 0.1) is 19.7 Å². The zero-order chi connectivity index (χ0) is 21.3. The van der Waals surface area contributed by atoms with Crippen molar-refractivity contribution in [3.63, 3.8) is 0 Å². The van der Waals surface area contributed by atoms with Crippen molar-refractivity contribution in [3.05, 3.63) is 75.3 Å². The Morgan fingerprint density at radius 2 is 1.90 bits per heavy atom. The standard InChI is InChI=1S/C21H20FN3O4/c1-11-7-8-14(13(22)9-11)24-21-19(20(23)28)17(10-18(27)25(21)3)29-16-6-4-5-15(26)12(16)2/h4-10,24,26H,1-3H3,(H2,23,28). The Morgan fingerprint density at radius 3 is 2.55 bits per heavy atom. The number of nitrogens with one attached hydrogen (secondary N) is 1. The number of rotatable bonds is 5. The molecule has 0 bridgehead atoms. The van der Waals surface area contributed by atoms with Gasteiger partial charge in [-0.1, -0.05) is 12.1 Å². The lowest BCUT2D eigenvalue weighted by molar-refractivity contribution is 0.0998. The quantitative estimate of drug-likeness (QED) is 0.611. The van der Waals surface area contributed by atoms with Gasteiger partial charge in [0.2, 0.25) is 0 Å². The van der Waals surface area contributed by atoms with E-state index in [0.717, 1.165) is 10.6 Å². The van der Waals surface area contributed by atoms with E-state index in [0.29, 0.717) is 11.1 Å². The largest absolute Gasteiger partial charge is 0.508 e. The normalized spacial score (nSPS) is 10.6. The number of primary amides is 1. The number of hydrogen-bond donors (Lipinski definition) is 3. The van der Waals surface area contributed by atoms with Gasteiger partial charge in [0.05, 0.1) is 5.69 Å². The first-order valence-electron chi connectivity index (χ1n) is 8.72. The van der Waals surface area contributed by atoms with Gasteiger partial charge < -0.3 is 20.9 Å². The number of nitrogens with zero attached hydrogens (tertiary/aromatic N) is 1. The maximum absolute atomic E-state index is 14.3. The fourth-order valence-corrected chi connectivity index (χ4v) is 2.82. The van der Waals surface area contributed by atoms with Gasteiger partial charge in [-0.25, -0.2) is 4.39 Å². The number of ether oxygens (including phenoxy) is 1. The molecular weight excluding hydrogens is 377 g/mol. The molecule has 1 amide bonds. The lowest BCUT2D eigenvalue weighted by Gasteiger charge is -2.19. The van der Waals surface area contributed by atoms with E-state index in [1.165, 1.54) is 25.2 Å². The van der Waals surface area contributed by atoms with Gasteiger partial charge in [0.1, 0.15) is 34.4 Å². The summed E-state index contributed by atoms with van der Waals surface area (Å²) in [4.78, 5) is 24.7. The third-order valence-electron chi connectivity index (χ3n) is 4.50. The second-order valence-corrected chi connectivity index (χ2v) is 6.60. The summed E-state index contributed by atoms with van der Waals surface area (Å²) in [7, 11) is 1.42. The number of carbonyl (C=O) groups is 1. The minimum atomic E-state index is -0.872. The lowest BCUT2D eigenvalue weighted by Crippen LogP contribution is -2.25. The number of aromatic hydroxyl groups is 1. The molecule has 7 nitrogen and oxygen atoms in total. The summed E-state index contributed by atoms with van der Waals surface area (Å²) in [5.74, 6) is -1.31. The molecule has 0 spiro atoms. The second kappa shape index (κ2) is 7.67. The maximum atomic E-state index is 14.3. The highest BCUT2D eigenvalue weighted by atomic mass is 19.1. The number of nitrogens with two attached hydrogens (primary N) is 1. The van der Waals surface area contributed by atoms with Crippen molar-refractivity contribution in [1.29, 1.82) is 0 Å². The summed E-state index contributed by atoms with van der Waals surface area (Å²) >= 11 is 0. The second-order valence-electron chi connectivity index (χ2n) is 6.60.